The van der Waals surface area contributed by atoms with E-state index >= 15 is 0 Å². The number of fused-ring (bicyclic) bond motifs is 1. The SMILES string of the molecule is CCCn1c(SCC(=O)N2CCN(Cc3ccccc3)CC2)nc2cc(Cl)ccc2c1=O. The fourth-order valence-electron chi connectivity index (χ4n) is 3.92. The minimum Gasteiger partial charge on any atom is -0.339 e. The molecule has 0 saturated carbocycles. The maximum atomic E-state index is 12.9. The Kier molecular flexibility index (Phi) is 7.50. The molecule has 2 heterocycles. The Bertz CT molecular complexity index is 1140. The molecule has 1 fully saturated rings. The van der Waals surface area contributed by atoms with Crippen molar-refractivity contribution in [3.05, 3.63) is 69.5 Å². The Morgan fingerprint density at radius 3 is 2.56 bits per heavy atom. The molecule has 0 N–H and O–H groups in total. The summed E-state index contributed by atoms with van der Waals surface area (Å²) in [4.78, 5) is 34.7. The molecule has 2 aromatic carbocycles. The zero-order valence-corrected chi connectivity index (χ0v) is 19.7. The number of amides is 1. The molecule has 168 valence electrons. The molecular weight excluding hydrogens is 444 g/mol. The van der Waals surface area contributed by atoms with Gasteiger partial charge in [0.05, 0.1) is 16.7 Å². The van der Waals surface area contributed by atoms with Crippen LogP contribution in [0.4, 0.5) is 0 Å². The highest BCUT2D eigenvalue weighted by Crippen LogP contribution is 2.21. The monoisotopic (exact) mass is 470 g/mol. The molecule has 1 amide bonds. The lowest BCUT2D eigenvalue weighted by molar-refractivity contribution is -0.130. The summed E-state index contributed by atoms with van der Waals surface area (Å²) < 4.78 is 1.67. The molecule has 0 spiro atoms. The maximum Gasteiger partial charge on any atom is 0.262 e. The molecule has 8 heteroatoms. The van der Waals surface area contributed by atoms with E-state index in [9.17, 15) is 9.59 Å². The Hall–Kier alpha value is -2.35. The van der Waals surface area contributed by atoms with Crippen LogP contribution < -0.4 is 5.56 Å². The van der Waals surface area contributed by atoms with E-state index in [0.717, 1.165) is 39.1 Å². The second kappa shape index (κ2) is 10.5. The largest absolute Gasteiger partial charge is 0.339 e. The minimum absolute atomic E-state index is 0.0813. The Morgan fingerprint density at radius 1 is 1.09 bits per heavy atom. The molecule has 32 heavy (non-hydrogen) atoms. The van der Waals surface area contributed by atoms with E-state index in [1.807, 2.05) is 17.9 Å². The lowest BCUT2D eigenvalue weighted by Gasteiger charge is -2.34. The molecule has 1 aromatic heterocycles. The smallest absolute Gasteiger partial charge is 0.262 e. The third-order valence-electron chi connectivity index (χ3n) is 5.63. The fourth-order valence-corrected chi connectivity index (χ4v) is 5.01. The van der Waals surface area contributed by atoms with Crippen LogP contribution in [0.2, 0.25) is 5.02 Å². The van der Waals surface area contributed by atoms with Gasteiger partial charge in [0, 0.05) is 44.3 Å². The summed E-state index contributed by atoms with van der Waals surface area (Å²) in [5.74, 6) is 0.346. The number of benzene rings is 2. The van der Waals surface area contributed by atoms with Crippen molar-refractivity contribution < 1.29 is 4.79 Å². The first kappa shape index (κ1) is 22.8. The van der Waals surface area contributed by atoms with Crippen LogP contribution in [0.5, 0.6) is 0 Å². The average molecular weight is 471 g/mol. The van der Waals surface area contributed by atoms with Crippen molar-refractivity contribution in [2.24, 2.45) is 0 Å². The summed E-state index contributed by atoms with van der Waals surface area (Å²) >= 11 is 7.43. The third-order valence-corrected chi connectivity index (χ3v) is 6.82. The highest BCUT2D eigenvalue weighted by Gasteiger charge is 2.22. The van der Waals surface area contributed by atoms with Gasteiger partial charge < -0.3 is 4.90 Å². The zero-order chi connectivity index (χ0) is 22.5. The predicted octanol–water partition coefficient (Wildman–Crippen LogP) is 3.90. The van der Waals surface area contributed by atoms with Crippen LogP contribution >= 0.6 is 23.4 Å². The van der Waals surface area contributed by atoms with E-state index < -0.39 is 0 Å². The van der Waals surface area contributed by atoms with Gasteiger partial charge in [-0.15, -0.1) is 0 Å². The quantitative estimate of drug-likeness (QED) is 0.387. The molecule has 0 radical (unpaired) electrons. The van der Waals surface area contributed by atoms with Crippen LogP contribution in [-0.2, 0) is 17.9 Å². The van der Waals surface area contributed by atoms with Gasteiger partial charge in [0.15, 0.2) is 5.16 Å². The van der Waals surface area contributed by atoms with Crippen LogP contribution in [0, 0.1) is 0 Å². The van der Waals surface area contributed by atoms with Crippen LogP contribution in [-0.4, -0.2) is 57.2 Å². The third kappa shape index (κ3) is 5.34. The van der Waals surface area contributed by atoms with E-state index in [1.54, 1.807) is 22.8 Å². The number of nitrogens with zero attached hydrogens (tertiary/aromatic N) is 4. The number of piperazine rings is 1. The maximum absolute atomic E-state index is 12.9. The number of halogens is 1. The Balaban J connectivity index is 1.39. The summed E-state index contributed by atoms with van der Waals surface area (Å²) in [6.07, 6.45) is 0.811. The minimum atomic E-state index is -0.0852. The van der Waals surface area contributed by atoms with Gasteiger partial charge in [-0.05, 0) is 30.2 Å². The van der Waals surface area contributed by atoms with Crippen LogP contribution in [0.15, 0.2) is 58.5 Å². The highest BCUT2D eigenvalue weighted by atomic mass is 35.5. The highest BCUT2D eigenvalue weighted by molar-refractivity contribution is 7.99. The summed E-state index contributed by atoms with van der Waals surface area (Å²) in [6, 6.07) is 15.5. The molecular formula is C24H27ClN4O2S. The Labute approximate surface area is 197 Å². The number of thioether (sulfide) groups is 1. The van der Waals surface area contributed by atoms with Crippen molar-refractivity contribution in [2.45, 2.75) is 31.6 Å². The van der Waals surface area contributed by atoms with Crippen molar-refractivity contribution in [1.29, 1.82) is 0 Å². The Morgan fingerprint density at radius 2 is 1.84 bits per heavy atom. The molecule has 6 nitrogen and oxygen atoms in total. The predicted molar refractivity (Wildman–Crippen MR) is 130 cm³/mol. The zero-order valence-electron chi connectivity index (χ0n) is 18.2. The van der Waals surface area contributed by atoms with E-state index in [2.05, 4.69) is 34.1 Å². The number of hydrogen-bond donors (Lipinski definition) is 0. The average Bonchev–Trinajstić information content (AvgIpc) is 2.80. The summed E-state index contributed by atoms with van der Waals surface area (Å²) in [7, 11) is 0. The number of carbonyl (C=O) groups is 1. The van der Waals surface area contributed by atoms with Gasteiger partial charge in [-0.25, -0.2) is 4.98 Å². The molecule has 0 unspecified atom stereocenters. The summed E-state index contributed by atoms with van der Waals surface area (Å²) in [6.45, 7) is 6.65. The number of carbonyl (C=O) groups excluding carboxylic acids is 1. The number of rotatable bonds is 7. The van der Waals surface area contributed by atoms with Crippen LogP contribution in [0.25, 0.3) is 10.9 Å². The van der Waals surface area contributed by atoms with Crippen molar-refractivity contribution in [1.82, 2.24) is 19.4 Å². The van der Waals surface area contributed by atoms with Crippen LogP contribution in [0.3, 0.4) is 0 Å². The first-order valence-corrected chi connectivity index (χ1v) is 12.3. The van der Waals surface area contributed by atoms with E-state index in [1.165, 1.54) is 17.3 Å². The second-order valence-corrected chi connectivity index (χ2v) is 9.32. The van der Waals surface area contributed by atoms with Gasteiger partial charge in [-0.1, -0.05) is 60.6 Å². The van der Waals surface area contributed by atoms with Gasteiger partial charge in [0.2, 0.25) is 5.91 Å². The van der Waals surface area contributed by atoms with Gasteiger partial charge in [0.1, 0.15) is 0 Å². The normalized spacial score (nSPS) is 14.8. The number of aromatic nitrogens is 2. The van der Waals surface area contributed by atoms with Crippen molar-refractivity contribution >= 4 is 40.2 Å². The molecule has 3 aromatic rings. The summed E-state index contributed by atoms with van der Waals surface area (Å²) in [5.41, 5.74) is 1.77. The number of hydrogen-bond acceptors (Lipinski definition) is 5. The van der Waals surface area contributed by atoms with Crippen molar-refractivity contribution in [3.8, 4) is 0 Å². The second-order valence-electron chi connectivity index (χ2n) is 7.94. The van der Waals surface area contributed by atoms with Gasteiger partial charge in [-0.2, -0.15) is 0 Å². The molecule has 4 rings (SSSR count). The first-order chi connectivity index (χ1) is 15.5. The molecule has 0 atom stereocenters. The van der Waals surface area contributed by atoms with E-state index in [-0.39, 0.29) is 17.2 Å². The van der Waals surface area contributed by atoms with Gasteiger partial charge in [0.25, 0.3) is 5.56 Å². The molecule has 1 aliphatic rings. The van der Waals surface area contributed by atoms with Gasteiger partial charge >= 0.3 is 0 Å². The van der Waals surface area contributed by atoms with E-state index in [4.69, 9.17) is 11.6 Å². The summed E-state index contributed by atoms with van der Waals surface area (Å²) in [5, 5.41) is 1.66. The van der Waals surface area contributed by atoms with Crippen molar-refractivity contribution in [3.63, 3.8) is 0 Å². The van der Waals surface area contributed by atoms with E-state index in [0.29, 0.717) is 27.6 Å². The standard InChI is InChI=1S/C24H27ClN4O2S/c1-2-10-29-23(31)20-9-8-19(25)15-21(20)26-24(29)32-17-22(30)28-13-11-27(12-14-28)16-18-6-4-3-5-7-18/h3-9,15H,2,10-14,16-17H2,1H3. The molecule has 0 bridgehead atoms. The molecule has 1 saturated heterocycles. The van der Waals surface area contributed by atoms with Crippen LogP contribution in [0.1, 0.15) is 18.9 Å². The molecule has 0 aliphatic carbocycles. The van der Waals surface area contributed by atoms with Crippen molar-refractivity contribution in [2.75, 3.05) is 31.9 Å². The fraction of sp³-hybridized carbons (Fsp3) is 0.375. The topological polar surface area (TPSA) is 58.4 Å². The molecule has 1 aliphatic heterocycles. The first-order valence-electron chi connectivity index (χ1n) is 10.9. The van der Waals surface area contributed by atoms with Gasteiger partial charge in [-0.3, -0.25) is 19.1 Å². The lowest BCUT2D eigenvalue weighted by atomic mass is 10.2. The lowest BCUT2D eigenvalue weighted by Crippen LogP contribution is -2.48.